The molecule has 0 bridgehead atoms. The maximum Gasteiger partial charge on any atom is 0.325 e. The summed E-state index contributed by atoms with van der Waals surface area (Å²) >= 11 is 1.27. The number of anilines is 4. The molecule has 0 saturated carbocycles. The van der Waals surface area contributed by atoms with Crippen LogP contribution in [0.1, 0.15) is 6.42 Å². The van der Waals surface area contributed by atoms with E-state index in [-0.39, 0.29) is 12.2 Å². The maximum absolute atomic E-state index is 13.5. The van der Waals surface area contributed by atoms with Crippen molar-refractivity contribution in [1.29, 1.82) is 0 Å². The first-order chi connectivity index (χ1) is 23.3. The number of aromatic nitrogens is 3. The molecule has 4 N–H and O–H groups in total. The fraction of sp³-hybridized carbons (Fsp3) is 0.281. The molecule has 0 spiro atoms. The molecule has 1 fully saturated rings. The number of methoxy groups -OCH3 is 1. The molecule has 0 aliphatic carbocycles. The van der Waals surface area contributed by atoms with Crippen LogP contribution in [-0.4, -0.2) is 95.8 Å². The van der Waals surface area contributed by atoms with Crippen molar-refractivity contribution in [2.45, 2.75) is 6.42 Å². The summed E-state index contributed by atoms with van der Waals surface area (Å²) in [6.07, 6.45) is 2.41. The van der Waals surface area contributed by atoms with Crippen molar-refractivity contribution in [3.05, 3.63) is 66.5 Å². The number of carboxylic acid groups (broad SMARTS) is 1. The van der Waals surface area contributed by atoms with Crippen molar-refractivity contribution in [3.63, 3.8) is 0 Å². The van der Waals surface area contributed by atoms with Crippen LogP contribution in [0.2, 0.25) is 0 Å². The van der Waals surface area contributed by atoms with Gasteiger partial charge in [0.1, 0.15) is 12.1 Å². The van der Waals surface area contributed by atoms with Crippen molar-refractivity contribution in [3.8, 4) is 11.5 Å². The number of piperazine rings is 1. The molecule has 0 radical (unpaired) electrons. The molecule has 0 atom stereocenters. The first-order valence-electron chi connectivity index (χ1n) is 14.9. The first kappa shape index (κ1) is 34.2. The number of benzene rings is 3. The van der Waals surface area contributed by atoms with Crippen molar-refractivity contribution >= 4 is 67.3 Å². The quantitative estimate of drug-likeness (QED) is 0.107. The van der Waals surface area contributed by atoms with E-state index in [9.17, 15) is 13.6 Å². The fourth-order valence-electron chi connectivity index (χ4n) is 5.00. The second kappa shape index (κ2) is 16.1. The van der Waals surface area contributed by atoms with E-state index in [1.807, 2.05) is 30.3 Å². The van der Waals surface area contributed by atoms with Crippen LogP contribution in [0.5, 0.6) is 11.5 Å². The minimum absolute atomic E-state index is 0.118. The Balaban J connectivity index is 0.00000145. The molecule has 6 rings (SSSR count). The van der Waals surface area contributed by atoms with Crippen molar-refractivity contribution in [2.75, 3.05) is 69.4 Å². The number of likely N-dealkylation sites (N-methyl/N-ethyl adjacent to an activating group) is 1. The Morgan fingerprint density at radius 2 is 1.75 bits per heavy atom. The molecule has 2 aromatic heterocycles. The highest BCUT2D eigenvalue weighted by Crippen LogP contribution is 2.36. The molecule has 1 aliphatic heterocycles. The van der Waals surface area contributed by atoms with Gasteiger partial charge < -0.3 is 35.0 Å². The summed E-state index contributed by atoms with van der Waals surface area (Å²) in [4.78, 5) is 38.9. The minimum atomic E-state index is -1.05. The molecule has 1 aliphatic rings. The Bertz CT molecular complexity index is 1890. The lowest BCUT2D eigenvalue weighted by Crippen LogP contribution is -2.44. The number of fused-ring (bicyclic) bond motifs is 2. The van der Waals surface area contributed by atoms with Gasteiger partial charge in [-0.3, -0.25) is 10.1 Å². The fourth-order valence-corrected chi connectivity index (χ4v) is 5.90. The third kappa shape index (κ3) is 8.78. The number of ether oxygens (including phenoxy) is 2. The number of hydrogen-bond acceptors (Lipinski definition) is 11. The molecule has 48 heavy (non-hydrogen) atoms. The molecule has 16 heteroatoms. The molecule has 3 aromatic carbocycles. The predicted octanol–water partition coefficient (Wildman–Crippen LogP) is 5.63. The van der Waals surface area contributed by atoms with Gasteiger partial charge in [-0.15, -0.1) is 0 Å². The Hall–Kier alpha value is -5.19. The van der Waals surface area contributed by atoms with Crippen LogP contribution < -0.4 is 25.4 Å². The van der Waals surface area contributed by atoms with Gasteiger partial charge in [0, 0.05) is 61.6 Å². The Labute approximate surface area is 278 Å². The van der Waals surface area contributed by atoms with E-state index in [2.05, 4.69) is 47.7 Å². The minimum Gasteiger partial charge on any atom is -0.493 e. The summed E-state index contributed by atoms with van der Waals surface area (Å²) in [7, 11) is 3.76. The third-order valence-corrected chi connectivity index (χ3v) is 8.38. The normalized spacial score (nSPS) is 13.4. The van der Waals surface area contributed by atoms with Crippen LogP contribution in [-0.2, 0) is 4.79 Å². The number of thiazole rings is 1. The number of halogens is 2. The monoisotopic (exact) mass is 680 g/mol. The van der Waals surface area contributed by atoms with Gasteiger partial charge in [-0.25, -0.2) is 28.5 Å². The van der Waals surface area contributed by atoms with Gasteiger partial charge in [0.2, 0.25) is 0 Å². The molecule has 5 aromatic rings. The van der Waals surface area contributed by atoms with E-state index in [0.717, 1.165) is 67.1 Å². The van der Waals surface area contributed by atoms with Crippen LogP contribution in [0.15, 0.2) is 54.9 Å². The van der Waals surface area contributed by atoms with Gasteiger partial charge in [0.25, 0.3) is 6.47 Å². The number of amides is 2. The van der Waals surface area contributed by atoms with E-state index in [1.165, 1.54) is 23.7 Å². The lowest BCUT2D eigenvalue weighted by atomic mass is 10.2. The van der Waals surface area contributed by atoms with E-state index in [1.54, 1.807) is 7.11 Å². The van der Waals surface area contributed by atoms with Crippen molar-refractivity contribution in [2.24, 2.45) is 0 Å². The highest BCUT2D eigenvalue weighted by atomic mass is 32.1. The standard InChI is InChI=1S/C31H32F2N8O3S.CH2O2/c1-40-9-11-41(12-10-40)8-3-13-44-27-17-25-21(16-26(27)43-2)29(35-18-34-25)36-20-5-7-24-28(15-20)45-31(38-24)39-30(42)37-19-4-6-22(32)23(33)14-19;2-1-3/h4-7,14-18H,3,8-13H2,1-2H3,(H,34,35,36)(H2,37,38,39,42);1H,(H,2,3). The number of hydrogen-bond donors (Lipinski definition) is 4. The number of carbonyl (C=O) groups excluding carboxylic acids is 1. The second-order valence-electron chi connectivity index (χ2n) is 10.7. The zero-order valence-corrected chi connectivity index (χ0v) is 27.0. The van der Waals surface area contributed by atoms with Crippen LogP contribution in [0.3, 0.4) is 0 Å². The predicted molar refractivity (Wildman–Crippen MR) is 181 cm³/mol. The largest absolute Gasteiger partial charge is 0.493 e. The van der Waals surface area contributed by atoms with Crippen molar-refractivity contribution in [1.82, 2.24) is 24.8 Å². The molecule has 3 heterocycles. The Morgan fingerprint density at radius 1 is 0.979 bits per heavy atom. The molecular formula is C32H34F2N8O5S. The lowest BCUT2D eigenvalue weighted by molar-refractivity contribution is -0.122. The lowest BCUT2D eigenvalue weighted by Gasteiger charge is -2.32. The number of nitrogens with one attached hydrogen (secondary N) is 3. The molecule has 13 nitrogen and oxygen atoms in total. The summed E-state index contributed by atoms with van der Waals surface area (Å²) in [5.41, 5.74) is 2.26. The average molecular weight is 681 g/mol. The van der Waals surface area contributed by atoms with E-state index >= 15 is 0 Å². The summed E-state index contributed by atoms with van der Waals surface area (Å²) in [6, 6.07) is 11.8. The van der Waals surface area contributed by atoms with Gasteiger partial charge >= 0.3 is 6.03 Å². The number of carbonyl (C=O) groups is 2. The molecular weight excluding hydrogens is 646 g/mol. The summed E-state index contributed by atoms with van der Waals surface area (Å²) in [6.45, 7) is 5.66. The number of urea groups is 1. The topological polar surface area (TPSA) is 154 Å². The maximum atomic E-state index is 13.5. The molecule has 252 valence electrons. The third-order valence-electron chi connectivity index (χ3n) is 7.44. The number of nitrogens with zero attached hydrogens (tertiary/aromatic N) is 5. The smallest absolute Gasteiger partial charge is 0.325 e. The van der Waals surface area contributed by atoms with Crippen molar-refractivity contribution < 1.29 is 33.0 Å². The summed E-state index contributed by atoms with van der Waals surface area (Å²) in [5.74, 6) is -0.230. The zero-order chi connectivity index (χ0) is 34.0. The second-order valence-corrected chi connectivity index (χ2v) is 11.8. The van der Waals surface area contributed by atoms with Crippen LogP contribution in [0.4, 0.5) is 35.9 Å². The Kier molecular flexibility index (Phi) is 11.4. The van der Waals surface area contributed by atoms with E-state index in [4.69, 9.17) is 19.4 Å². The first-order valence-corrected chi connectivity index (χ1v) is 15.7. The highest BCUT2D eigenvalue weighted by molar-refractivity contribution is 7.22. The number of rotatable bonds is 10. The molecule has 0 unspecified atom stereocenters. The van der Waals surface area contributed by atoms with Crippen LogP contribution >= 0.6 is 11.3 Å². The van der Waals surface area contributed by atoms with E-state index < -0.39 is 17.7 Å². The summed E-state index contributed by atoms with van der Waals surface area (Å²) in [5, 5.41) is 16.4. The van der Waals surface area contributed by atoms with Gasteiger partial charge in [0.15, 0.2) is 28.3 Å². The van der Waals surface area contributed by atoms with Crippen LogP contribution in [0, 0.1) is 11.6 Å². The summed E-state index contributed by atoms with van der Waals surface area (Å²) < 4.78 is 39.2. The Morgan fingerprint density at radius 3 is 2.50 bits per heavy atom. The van der Waals surface area contributed by atoms with Gasteiger partial charge in [-0.05, 0) is 49.9 Å². The zero-order valence-electron chi connectivity index (χ0n) is 26.2. The SMILES string of the molecule is COc1cc2c(Nc3ccc4nc(NC(=O)Nc5ccc(F)c(F)c5)sc4c3)ncnc2cc1OCCCN1CCN(C)CC1.O=CO. The van der Waals surface area contributed by atoms with Gasteiger partial charge in [0.05, 0.1) is 29.5 Å². The van der Waals surface area contributed by atoms with Crippen LogP contribution in [0.25, 0.3) is 21.1 Å². The highest BCUT2D eigenvalue weighted by Gasteiger charge is 2.16. The molecule has 2 amide bonds. The average Bonchev–Trinajstić information content (AvgIpc) is 3.47. The van der Waals surface area contributed by atoms with E-state index in [0.29, 0.717) is 40.1 Å². The molecule has 1 saturated heterocycles. The van der Waals surface area contributed by atoms with Gasteiger partial charge in [-0.1, -0.05) is 11.3 Å². The van der Waals surface area contributed by atoms with Gasteiger partial charge in [-0.2, -0.15) is 0 Å².